The number of hydrogen-bond acceptors (Lipinski definition) is 4. The number of piperazine rings is 1. The molecule has 2 atom stereocenters. The molecule has 1 aromatic rings. The van der Waals surface area contributed by atoms with Crippen LogP contribution in [0.4, 0.5) is 19.0 Å². The van der Waals surface area contributed by atoms with Gasteiger partial charge in [-0.05, 0) is 24.0 Å². The predicted octanol–water partition coefficient (Wildman–Crippen LogP) is 3.23. The molecular weight excluding hydrogens is 357 g/mol. The van der Waals surface area contributed by atoms with Crippen LogP contribution in [0.2, 0.25) is 0 Å². The first-order chi connectivity index (χ1) is 12.5. The molecule has 0 spiro atoms. The molecule has 150 valence electrons. The Labute approximate surface area is 157 Å². The largest absolute Gasteiger partial charge is 0.417 e. The van der Waals surface area contributed by atoms with Crippen LogP contribution in [0.25, 0.3) is 0 Å². The highest BCUT2D eigenvalue weighted by atomic mass is 19.4. The molecule has 0 aromatic carbocycles. The quantitative estimate of drug-likeness (QED) is 0.869. The molecule has 2 fully saturated rings. The molecule has 0 aliphatic carbocycles. The maximum absolute atomic E-state index is 12.6. The molecule has 8 heteroatoms. The fraction of sp³-hybridized carbons (Fsp3) is 0.684. The molecule has 3 heterocycles. The number of pyridine rings is 1. The van der Waals surface area contributed by atoms with Crippen molar-refractivity contribution in [3.05, 3.63) is 23.9 Å². The predicted molar refractivity (Wildman–Crippen MR) is 97.3 cm³/mol. The summed E-state index contributed by atoms with van der Waals surface area (Å²) in [5, 5.41) is 3.23. The Morgan fingerprint density at radius 2 is 1.96 bits per heavy atom. The summed E-state index contributed by atoms with van der Waals surface area (Å²) in [6.45, 7) is 9.28. The maximum Gasteiger partial charge on any atom is 0.417 e. The van der Waals surface area contributed by atoms with E-state index < -0.39 is 11.7 Å². The van der Waals surface area contributed by atoms with Gasteiger partial charge in [0.15, 0.2) is 0 Å². The molecule has 0 unspecified atom stereocenters. The fourth-order valence-electron chi connectivity index (χ4n) is 3.80. The second-order valence-electron chi connectivity index (χ2n) is 8.73. The number of carbonyl (C=O) groups excluding carboxylic acids is 1. The van der Waals surface area contributed by atoms with Crippen molar-refractivity contribution in [3.63, 3.8) is 0 Å². The number of rotatable bonds is 3. The van der Waals surface area contributed by atoms with E-state index in [0.29, 0.717) is 18.8 Å². The Balaban J connectivity index is 1.55. The first-order valence-corrected chi connectivity index (χ1v) is 9.33. The summed E-state index contributed by atoms with van der Waals surface area (Å²) in [5.74, 6) is 0.650. The first-order valence-electron chi connectivity index (χ1n) is 9.33. The second kappa shape index (κ2) is 7.30. The number of carbonyl (C=O) groups is 1. The molecule has 0 radical (unpaired) electrons. The van der Waals surface area contributed by atoms with E-state index in [2.05, 4.69) is 36.0 Å². The average Bonchev–Trinajstić information content (AvgIpc) is 2.94. The number of fused-ring (bicyclic) bond motifs is 1. The van der Waals surface area contributed by atoms with Crippen molar-refractivity contribution < 1.29 is 18.0 Å². The van der Waals surface area contributed by atoms with Crippen LogP contribution in [-0.2, 0) is 11.0 Å². The zero-order valence-electron chi connectivity index (χ0n) is 16.0. The number of anilines is 1. The van der Waals surface area contributed by atoms with Gasteiger partial charge in [-0.25, -0.2) is 4.98 Å². The molecule has 1 amide bonds. The Morgan fingerprint density at radius 3 is 2.56 bits per heavy atom. The Kier molecular flexibility index (Phi) is 5.38. The summed E-state index contributed by atoms with van der Waals surface area (Å²) < 4.78 is 37.9. The Bertz CT molecular complexity index is 669. The average molecular weight is 384 g/mol. The van der Waals surface area contributed by atoms with E-state index in [0.717, 1.165) is 38.3 Å². The van der Waals surface area contributed by atoms with E-state index >= 15 is 0 Å². The van der Waals surface area contributed by atoms with E-state index in [4.69, 9.17) is 0 Å². The molecule has 3 rings (SSSR count). The topological polar surface area (TPSA) is 48.5 Å². The Morgan fingerprint density at radius 1 is 1.22 bits per heavy atom. The van der Waals surface area contributed by atoms with Crippen LogP contribution in [0, 0.1) is 5.41 Å². The van der Waals surface area contributed by atoms with E-state index in [9.17, 15) is 18.0 Å². The lowest BCUT2D eigenvalue weighted by Gasteiger charge is -2.38. The monoisotopic (exact) mass is 384 g/mol. The van der Waals surface area contributed by atoms with Crippen LogP contribution in [0.1, 0.15) is 39.2 Å². The van der Waals surface area contributed by atoms with Gasteiger partial charge in [-0.3, -0.25) is 9.69 Å². The molecule has 2 saturated heterocycles. The number of amides is 1. The molecule has 2 aliphatic rings. The SMILES string of the molecule is CC(C)(C)CC(=O)N1CCN2C[C@@H](Nc3ccc(C(F)(F)F)cn3)C[C@H]2C1. The van der Waals surface area contributed by atoms with Crippen molar-refractivity contribution in [1.82, 2.24) is 14.8 Å². The normalized spacial score (nSPS) is 24.0. The molecule has 1 aromatic heterocycles. The summed E-state index contributed by atoms with van der Waals surface area (Å²) in [4.78, 5) is 20.7. The van der Waals surface area contributed by atoms with Gasteiger partial charge in [-0.15, -0.1) is 0 Å². The molecule has 2 aliphatic heterocycles. The van der Waals surface area contributed by atoms with Crippen molar-refractivity contribution in [2.24, 2.45) is 5.41 Å². The zero-order valence-corrected chi connectivity index (χ0v) is 16.0. The van der Waals surface area contributed by atoms with Gasteiger partial charge in [0.05, 0.1) is 5.56 Å². The van der Waals surface area contributed by atoms with E-state index in [1.807, 2.05) is 4.90 Å². The molecule has 5 nitrogen and oxygen atoms in total. The minimum atomic E-state index is -4.37. The number of alkyl halides is 3. The van der Waals surface area contributed by atoms with Crippen molar-refractivity contribution in [2.45, 2.75) is 51.9 Å². The van der Waals surface area contributed by atoms with Crippen LogP contribution in [0.5, 0.6) is 0 Å². The van der Waals surface area contributed by atoms with E-state index in [-0.39, 0.29) is 23.4 Å². The summed E-state index contributed by atoms with van der Waals surface area (Å²) in [6.07, 6.45) is -2.13. The van der Waals surface area contributed by atoms with Gasteiger partial charge >= 0.3 is 6.18 Å². The third kappa shape index (κ3) is 5.12. The van der Waals surface area contributed by atoms with Gasteiger partial charge in [0.25, 0.3) is 0 Å². The van der Waals surface area contributed by atoms with Crippen LogP contribution in [0.3, 0.4) is 0 Å². The molecule has 1 N–H and O–H groups in total. The summed E-state index contributed by atoms with van der Waals surface area (Å²) >= 11 is 0. The van der Waals surface area contributed by atoms with Crippen molar-refractivity contribution in [2.75, 3.05) is 31.5 Å². The van der Waals surface area contributed by atoms with Crippen LogP contribution < -0.4 is 5.32 Å². The number of halogens is 3. The highest BCUT2D eigenvalue weighted by Gasteiger charge is 2.38. The minimum Gasteiger partial charge on any atom is -0.366 e. The highest BCUT2D eigenvalue weighted by Crippen LogP contribution is 2.30. The number of nitrogens with zero attached hydrogens (tertiary/aromatic N) is 3. The smallest absolute Gasteiger partial charge is 0.366 e. The molecule has 27 heavy (non-hydrogen) atoms. The van der Waals surface area contributed by atoms with Crippen molar-refractivity contribution in [3.8, 4) is 0 Å². The third-order valence-electron chi connectivity index (χ3n) is 5.09. The zero-order chi connectivity index (χ0) is 19.8. The Hall–Kier alpha value is -1.83. The molecular formula is C19H27F3N4O. The third-order valence-corrected chi connectivity index (χ3v) is 5.09. The number of hydrogen-bond donors (Lipinski definition) is 1. The summed E-state index contributed by atoms with van der Waals surface area (Å²) in [6, 6.07) is 2.83. The standard InChI is InChI=1S/C19H27F3N4O/c1-18(2,3)9-17(27)26-7-6-25-11-14(8-15(25)12-26)24-16-5-4-13(10-23-16)19(20,21)22/h4-5,10,14-15H,6-9,11-12H2,1-3H3,(H,23,24)/t14-,15-/m0/s1. The van der Waals surface area contributed by atoms with Gasteiger partial charge in [0.1, 0.15) is 5.82 Å². The van der Waals surface area contributed by atoms with Crippen molar-refractivity contribution >= 4 is 11.7 Å². The van der Waals surface area contributed by atoms with Gasteiger partial charge in [0.2, 0.25) is 5.91 Å². The van der Waals surface area contributed by atoms with Gasteiger partial charge < -0.3 is 10.2 Å². The van der Waals surface area contributed by atoms with Crippen molar-refractivity contribution in [1.29, 1.82) is 0 Å². The van der Waals surface area contributed by atoms with E-state index in [1.54, 1.807) is 0 Å². The summed E-state index contributed by atoms with van der Waals surface area (Å²) in [5.41, 5.74) is -0.771. The second-order valence-corrected chi connectivity index (χ2v) is 8.73. The van der Waals surface area contributed by atoms with Crippen LogP contribution >= 0.6 is 0 Å². The lowest BCUT2D eigenvalue weighted by Crippen LogP contribution is -2.52. The lowest BCUT2D eigenvalue weighted by atomic mass is 9.91. The van der Waals surface area contributed by atoms with Gasteiger partial charge in [0, 0.05) is 50.9 Å². The van der Waals surface area contributed by atoms with Crippen LogP contribution in [-0.4, -0.2) is 59.0 Å². The first kappa shape index (κ1) is 19.9. The number of aromatic nitrogens is 1. The molecule has 0 bridgehead atoms. The lowest BCUT2D eigenvalue weighted by molar-refractivity contribution is -0.138. The van der Waals surface area contributed by atoms with Gasteiger partial charge in [-0.1, -0.05) is 20.8 Å². The summed E-state index contributed by atoms with van der Waals surface area (Å²) in [7, 11) is 0. The fourth-order valence-corrected chi connectivity index (χ4v) is 3.80. The van der Waals surface area contributed by atoms with E-state index in [1.165, 1.54) is 6.07 Å². The number of nitrogens with one attached hydrogen (secondary N) is 1. The minimum absolute atomic E-state index is 0.0256. The maximum atomic E-state index is 12.6. The van der Waals surface area contributed by atoms with Crippen LogP contribution in [0.15, 0.2) is 18.3 Å². The van der Waals surface area contributed by atoms with Gasteiger partial charge in [-0.2, -0.15) is 13.2 Å². The highest BCUT2D eigenvalue weighted by molar-refractivity contribution is 5.77. The molecule has 0 saturated carbocycles.